The molecule has 0 unspecified atom stereocenters. The number of nitrogens with zero attached hydrogens (tertiary/aromatic N) is 1. The molecule has 3 rings (SSSR count). The number of aliphatic hydroxyl groups excluding tert-OH is 1. The molecule has 0 bridgehead atoms. The van der Waals surface area contributed by atoms with Gasteiger partial charge in [-0.2, -0.15) is 0 Å². The van der Waals surface area contributed by atoms with Crippen LogP contribution in [0.5, 0.6) is 0 Å². The minimum Gasteiger partial charge on any atom is -0.387 e. The summed E-state index contributed by atoms with van der Waals surface area (Å²) in [5, 5.41) is 10.4. The van der Waals surface area contributed by atoms with Crippen molar-refractivity contribution in [2.24, 2.45) is 0 Å². The molecule has 1 fully saturated rings. The summed E-state index contributed by atoms with van der Waals surface area (Å²) in [5.41, 5.74) is 2.81. The van der Waals surface area contributed by atoms with E-state index in [2.05, 4.69) is 4.90 Å². The SMILES string of the molecule is CS(=O)(=O)c1ccc(-c2ccc([C@H](O)CN3CCOCC3)cc2)cc1. The Kier molecular flexibility index (Phi) is 5.54. The van der Waals surface area contributed by atoms with Crippen molar-refractivity contribution in [2.75, 3.05) is 39.1 Å². The predicted molar refractivity (Wildman–Crippen MR) is 97.2 cm³/mol. The number of sulfone groups is 1. The number of ether oxygens (including phenoxy) is 1. The molecule has 0 spiro atoms. The first-order valence-corrected chi connectivity index (χ1v) is 10.2. The molecule has 5 nitrogen and oxygen atoms in total. The quantitative estimate of drug-likeness (QED) is 0.884. The lowest BCUT2D eigenvalue weighted by atomic mass is 10.0. The van der Waals surface area contributed by atoms with Gasteiger partial charge in [-0.25, -0.2) is 8.42 Å². The first-order chi connectivity index (χ1) is 11.9. The van der Waals surface area contributed by atoms with Crippen LogP contribution in [0.25, 0.3) is 11.1 Å². The van der Waals surface area contributed by atoms with Crippen LogP contribution in [-0.4, -0.2) is 57.5 Å². The summed E-state index contributed by atoms with van der Waals surface area (Å²) in [6.45, 7) is 3.74. The lowest BCUT2D eigenvalue weighted by molar-refractivity contribution is 0.0143. The average Bonchev–Trinajstić information content (AvgIpc) is 2.62. The molecule has 0 aromatic heterocycles. The standard InChI is InChI=1S/C19H23NO4S/c1-25(22,23)18-8-6-16(7-9-18)15-2-4-17(5-3-15)19(21)14-20-10-12-24-13-11-20/h2-9,19,21H,10-14H2,1H3/t19-/m1/s1. The highest BCUT2D eigenvalue weighted by atomic mass is 32.2. The van der Waals surface area contributed by atoms with E-state index in [0.717, 1.165) is 43.0 Å². The number of hydrogen-bond donors (Lipinski definition) is 1. The molecule has 1 aliphatic heterocycles. The molecular weight excluding hydrogens is 338 g/mol. The molecule has 1 N–H and O–H groups in total. The minimum atomic E-state index is -3.18. The molecule has 0 radical (unpaired) electrons. The zero-order chi connectivity index (χ0) is 17.9. The molecule has 1 saturated heterocycles. The zero-order valence-electron chi connectivity index (χ0n) is 14.3. The highest BCUT2D eigenvalue weighted by molar-refractivity contribution is 7.90. The molecule has 6 heteroatoms. The van der Waals surface area contributed by atoms with Gasteiger partial charge in [0.1, 0.15) is 0 Å². The number of aliphatic hydroxyl groups is 1. The third-order valence-electron chi connectivity index (χ3n) is 4.45. The Balaban J connectivity index is 1.69. The van der Waals surface area contributed by atoms with Gasteiger partial charge in [0.2, 0.25) is 0 Å². The zero-order valence-corrected chi connectivity index (χ0v) is 15.1. The second-order valence-corrected chi connectivity index (χ2v) is 8.36. The largest absolute Gasteiger partial charge is 0.387 e. The van der Waals surface area contributed by atoms with Crippen molar-refractivity contribution in [3.8, 4) is 11.1 Å². The van der Waals surface area contributed by atoms with Crippen LogP contribution in [0.3, 0.4) is 0 Å². The van der Waals surface area contributed by atoms with Crippen molar-refractivity contribution >= 4 is 9.84 Å². The fourth-order valence-corrected chi connectivity index (χ4v) is 3.56. The van der Waals surface area contributed by atoms with Crippen LogP contribution in [0.15, 0.2) is 53.4 Å². The Labute approximate surface area is 148 Å². The third kappa shape index (κ3) is 4.67. The van der Waals surface area contributed by atoms with Crippen LogP contribution >= 0.6 is 0 Å². The topological polar surface area (TPSA) is 66.8 Å². The molecule has 1 heterocycles. The van der Waals surface area contributed by atoms with Gasteiger partial charge in [-0.1, -0.05) is 36.4 Å². The first-order valence-electron chi connectivity index (χ1n) is 8.32. The number of hydrogen-bond acceptors (Lipinski definition) is 5. The second kappa shape index (κ2) is 7.66. The van der Waals surface area contributed by atoms with Crippen molar-refractivity contribution in [2.45, 2.75) is 11.0 Å². The van der Waals surface area contributed by atoms with Gasteiger partial charge in [0.15, 0.2) is 9.84 Å². The van der Waals surface area contributed by atoms with Gasteiger partial charge < -0.3 is 9.84 Å². The smallest absolute Gasteiger partial charge is 0.175 e. The summed E-state index contributed by atoms with van der Waals surface area (Å²) >= 11 is 0. The normalized spacial score (nSPS) is 17.4. The monoisotopic (exact) mass is 361 g/mol. The van der Waals surface area contributed by atoms with E-state index in [4.69, 9.17) is 4.74 Å². The van der Waals surface area contributed by atoms with Crippen LogP contribution in [0.4, 0.5) is 0 Å². The third-order valence-corrected chi connectivity index (χ3v) is 5.57. The van der Waals surface area contributed by atoms with E-state index in [-0.39, 0.29) is 0 Å². The molecule has 0 aliphatic carbocycles. The van der Waals surface area contributed by atoms with Crippen molar-refractivity contribution in [1.82, 2.24) is 4.90 Å². The van der Waals surface area contributed by atoms with Crippen molar-refractivity contribution in [3.63, 3.8) is 0 Å². The van der Waals surface area contributed by atoms with Gasteiger partial charge in [0, 0.05) is 25.9 Å². The summed E-state index contributed by atoms with van der Waals surface area (Å²) in [4.78, 5) is 2.51. The second-order valence-electron chi connectivity index (χ2n) is 6.35. The summed E-state index contributed by atoms with van der Waals surface area (Å²) in [6, 6.07) is 14.6. The highest BCUT2D eigenvalue weighted by Gasteiger charge is 2.16. The lowest BCUT2D eigenvalue weighted by Gasteiger charge is -2.28. The van der Waals surface area contributed by atoms with E-state index >= 15 is 0 Å². The summed E-state index contributed by atoms with van der Waals surface area (Å²) < 4.78 is 28.4. The lowest BCUT2D eigenvalue weighted by Crippen LogP contribution is -2.38. The Bertz CT molecular complexity index is 794. The average molecular weight is 361 g/mol. The van der Waals surface area contributed by atoms with Crippen molar-refractivity contribution in [1.29, 1.82) is 0 Å². The van der Waals surface area contributed by atoms with Crippen LogP contribution < -0.4 is 0 Å². The number of benzene rings is 2. The predicted octanol–water partition coefficient (Wildman–Crippen LogP) is 2.12. The van der Waals surface area contributed by atoms with E-state index < -0.39 is 15.9 Å². The Morgan fingerprint density at radius 2 is 1.52 bits per heavy atom. The number of rotatable bonds is 5. The van der Waals surface area contributed by atoms with Gasteiger partial charge in [0.25, 0.3) is 0 Å². The Morgan fingerprint density at radius 3 is 2.04 bits per heavy atom. The van der Waals surface area contributed by atoms with Crippen LogP contribution in [0, 0.1) is 0 Å². The fourth-order valence-electron chi connectivity index (χ4n) is 2.93. The van der Waals surface area contributed by atoms with E-state index in [0.29, 0.717) is 11.4 Å². The Morgan fingerprint density at radius 1 is 1.00 bits per heavy atom. The van der Waals surface area contributed by atoms with Gasteiger partial charge in [-0.3, -0.25) is 4.90 Å². The molecular formula is C19H23NO4S. The Hall–Kier alpha value is -1.73. The van der Waals surface area contributed by atoms with Crippen LogP contribution in [0.2, 0.25) is 0 Å². The summed E-state index contributed by atoms with van der Waals surface area (Å²) in [6.07, 6.45) is 0.673. The van der Waals surface area contributed by atoms with Gasteiger partial charge >= 0.3 is 0 Å². The molecule has 2 aromatic carbocycles. The molecule has 0 saturated carbocycles. The molecule has 1 aliphatic rings. The maximum absolute atomic E-state index is 11.5. The van der Waals surface area contributed by atoms with Crippen molar-refractivity contribution in [3.05, 3.63) is 54.1 Å². The fraction of sp³-hybridized carbons (Fsp3) is 0.368. The summed E-state index contributed by atoms with van der Waals surface area (Å²) in [7, 11) is -3.18. The molecule has 1 atom stereocenters. The van der Waals surface area contributed by atoms with Crippen LogP contribution in [-0.2, 0) is 14.6 Å². The van der Waals surface area contributed by atoms with E-state index in [1.54, 1.807) is 24.3 Å². The maximum atomic E-state index is 11.5. The number of β-amino-alcohol motifs (C(OH)–C–C–N with tert-alkyl or cyclic N) is 1. The minimum absolute atomic E-state index is 0.314. The number of morpholine rings is 1. The molecule has 2 aromatic rings. The summed E-state index contributed by atoms with van der Waals surface area (Å²) in [5.74, 6) is 0. The van der Waals surface area contributed by atoms with Crippen molar-refractivity contribution < 1.29 is 18.3 Å². The van der Waals surface area contributed by atoms with Gasteiger partial charge in [0.05, 0.1) is 24.2 Å². The molecule has 0 amide bonds. The van der Waals surface area contributed by atoms with E-state index in [1.807, 2.05) is 24.3 Å². The highest BCUT2D eigenvalue weighted by Crippen LogP contribution is 2.24. The first kappa shape index (κ1) is 18.1. The van der Waals surface area contributed by atoms with E-state index in [1.165, 1.54) is 6.26 Å². The maximum Gasteiger partial charge on any atom is 0.175 e. The molecule has 25 heavy (non-hydrogen) atoms. The van der Waals surface area contributed by atoms with Gasteiger partial charge in [-0.05, 0) is 28.8 Å². The van der Waals surface area contributed by atoms with Crippen LogP contribution in [0.1, 0.15) is 11.7 Å². The molecule has 134 valence electrons. The van der Waals surface area contributed by atoms with Gasteiger partial charge in [-0.15, -0.1) is 0 Å². The van der Waals surface area contributed by atoms with E-state index in [9.17, 15) is 13.5 Å².